The molecule has 4 nitrogen and oxygen atoms in total. The molecule has 1 heterocycles. The molecule has 126 valence electrons. The molecule has 25 heavy (non-hydrogen) atoms. The third-order valence-electron chi connectivity index (χ3n) is 3.64. The van der Waals surface area contributed by atoms with Crippen LogP contribution in [0.3, 0.4) is 0 Å². The minimum atomic E-state index is -0.907. The second kappa shape index (κ2) is 7.78. The number of carbonyl (C=O) groups excluding carboxylic acids is 1. The van der Waals surface area contributed by atoms with Gasteiger partial charge < -0.3 is 10.4 Å². The van der Waals surface area contributed by atoms with Crippen molar-refractivity contribution in [1.29, 1.82) is 0 Å². The normalized spacial score (nSPS) is 11.8. The largest absolute Gasteiger partial charge is 0.384 e. The lowest BCUT2D eigenvalue weighted by Crippen LogP contribution is -2.15. The van der Waals surface area contributed by atoms with Crippen LogP contribution >= 0.6 is 27.5 Å². The summed E-state index contributed by atoms with van der Waals surface area (Å²) < 4.78 is 0.709. The highest BCUT2D eigenvalue weighted by Crippen LogP contribution is 2.31. The summed E-state index contributed by atoms with van der Waals surface area (Å²) in [6.07, 6.45) is 2.17. The highest BCUT2D eigenvalue weighted by molar-refractivity contribution is 9.10. The number of hydrogen-bond acceptors (Lipinski definition) is 3. The SMILES string of the molecule is O=C(Nc1ccc(Cl)cc1C(O)c1ccccc1)c1cncc(Br)c1. The summed E-state index contributed by atoms with van der Waals surface area (Å²) in [6, 6.07) is 15.8. The number of carbonyl (C=O) groups is 1. The zero-order chi connectivity index (χ0) is 17.8. The Kier molecular flexibility index (Phi) is 5.48. The summed E-state index contributed by atoms with van der Waals surface area (Å²) in [5.41, 5.74) is 2.13. The summed E-state index contributed by atoms with van der Waals surface area (Å²) in [4.78, 5) is 16.5. The van der Waals surface area contributed by atoms with E-state index >= 15 is 0 Å². The van der Waals surface area contributed by atoms with E-state index in [0.717, 1.165) is 0 Å². The van der Waals surface area contributed by atoms with E-state index in [2.05, 4.69) is 26.2 Å². The predicted molar refractivity (Wildman–Crippen MR) is 102 cm³/mol. The smallest absolute Gasteiger partial charge is 0.257 e. The van der Waals surface area contributed by atoms with Crippen LogP contribution in [0.4, 0.5) is 5.69 Å². The standard InChI is InChI=1S/C19H14BrClN2O2/c20-14-8-13(10-22-11-14)19(25)23-17-7-6-15(21)9-16(17)18(24)12-4-2-1-3-5-12/h1-11,18,24H,(H,23,25). The van der Waals surface area contributed by atoms with Crippen molar-refractivity contribution in [2.24, 2.45) is 0 Å². The molecule has 0 fully saturated rings. The van der Waals surface area contributed by atoms with Crippen molar-refractivity contribution < 1.29 is 9.90 Å². The number of hydrogen-bond donors (Lipinski definition) is 2. The number of halogens is 2. The predicted octanol–water partition coefficient (Wildman–Crippen LogP) is 4.83. The van der Waals surface area contributed by atoms with E-state index in [4.69, 9.17) is 11.6 Å². The monoisotopic (exact) mass is 416 g/mol. The molecule has 0 aliphatic rings. The second-order valence-corrected chi connectivity index (χ2v) is 6.74. The van der Waals surface area contributed by atoms with Crippen LogP contribution in [0.2, 0.25) is 5.02 Å². The molecule has 0 radical (unpaired) electrons. The van der Waals surface area contributed by atoms with Crippen LogP contribution in [0.1, 0.15) is 27.6 Å². The van der Waals surface area contributed by atoms with Crippen molar-refractivity contribution in [3.05, 3.63) is 93.2 Å². The van der Waals surface area contributed by atoms with Crippen molar-refractivity contribution in [2.45, 2.75) is 6.10 Å². The summed E-state index contributed by atoms with van der Waals surface area (Å²) in [5, 5.41) is 14.0. The Hall–Kier alpha value is -2.21. The van der Waals surface area contributed by atoms with Crippen LogP contribution in [0, 0.1) is 0 Å². The maximum atomic E-state index is 12.5. The molecular formula is C19H14BrClN2O2. The fraction of sp³-hybridized carbons (Fsp3) is 0.0526. The first-order valence-corrected chi connectivity index (χ1v) is 8.66. The van der Waals surface area contributed by atoms with Crippen molar-refractivity contribution in [1.82, 2.24) is 4.98 Å². The molecule has 0 saturated heterocycles. The van der Waals surface area contributed by atoms with Crippen molar-refractivity contribution in [3.63, 3.8) is 0 Å². The lowest BCUT2D eigenvalue weighted by molar-refractivity contribution is 0.102. The van der Waals surface area contributed by atoms with E-state index in [-0.39, 0.29) is 5.91 Å². The van der Waals surface area contributed by atoms with E-state index < -0.39 is 6.10 Å². The maximum Gasteiger partial charge on any atom is 0.257 e. The number of amides is 1. The minimum Gasteiger partial charge on any atom is -0.384 e. The van der Waals surface area contributed by atoms with Gasteiger partial charge in [0, 0.05) is 33.1 Å². The molecule has 1 aromatic heterocycles. The van der Waals surface area contributed by atoms with Gasteiger partial charge in [0.05, 0.1) is 5.56 Å². The number of pyridine rings is 1. The number of nitrogens with one attached hydrogen (secondary N) is 1. The molecule has 3 rings (SSSR count). The Bertz CT molecular complexity index is 903. The number of aliphatic hydroxyl groups is 1. The van der Waals surface area contributed by atoms with Crippen LogP contribution in [0.5, 0.6) is 0 Å². The van der Waals surface area contributed by atoms with Crippen LogP contribution in [0.15, 0.2) is 71.5 Å². The average Bonchev–Trinajstić information content (AvgIpc) is 2.63. The number of nitrogens with zero attached hydrogens (tertiary/aromatic N) is 1. The van der Waals surface area contributed by atoms with E-state index in [9.17, 15) is 9.90 Å². The van der Waals surface area contributed by atoms with Gasteiger partial charge in [-0.3, -0.25) is 9.78 Å². The molecule has 6 heteroatoms. The molecular weight excluding hydrogens is 404 g/mol. The summed E-state index contributed by atoms with van der Waals surface area (Å²) in [6.45, 7) is 0. The summed E-state index contributed by atoms with van der Waals surface area (Å²) in [5.74, 6) is -0.322. The van der Waals surface area contributed by atoms with Gasteiger partial charge in [0.15, 0.2) is 0 Å². The fourth-order valence-corrected chi connectivity index (χ4v) is 2.96. The Morgan fingerprint density at radius 2 is 1.88 bits per heavy atom. The number of anilines is 1. The van der Waals surface area contributed by atoms with Gasteiger partial charge in [-0.2, -0.15) is 0 Å². The first-order valence-electron chi connectivity index (χ1n) is 7.49. The number of rotatable bonds is 4. The molecule has 0 aliphatic carbocycles. The van der Waals surface area contributed by atoms with E-state index in [1.807, 2.05) is 30.3 Å². The third-order valence-corrected chi connectivity index (χ3v) is 4.31. The Balaban J connectivity index is 1.93. The molecule has 2 N–H and O–H groups in total. The van der Waals surface area contributed by atoms with Crippen LogP contribution in [0.25, 0.3) is 0 Å². The van der Waals surface area contributed by atoms with Crippen LogP contribution < -0.4 is 5.32 Å². The lowest BCUT2D eigenvalue weighted by atomic mass is 9.99. The topological polar surface area (TPSA) is 62.2 Å². The lowest BCUT2D eigenvalue weighted by Gasteiger charge is -2.17. The van der Waals surface area contributed by atoms with Crippen molar-refractivity contribution in [3.8, 4) is 0 Å². The quantitative estimate of drug-likeness (QED) is 0.639. The maximum absolute atomic E-state index is 12.5. The zero-order valence-electron chi connectivity index (χ0n) is 13.0. The molecule has 1 atom stereocenters. The molecule has 1 unspecified atom stereocenters. The van der Waals surface area contributed by atoms with Crippen LogP contribution in [-0.2, 0) is 0 Å². The molecule has 0 aliphatic heterocycles. The number of aliphatic hydroxyl groups excluding tert-OH is 1. The van der Waals surface area contributed by atoms with Gasteiger partial charge in [-0.05, 0) is 45.8 Å². The van der Waals surface area contributed by atoms with E-state index in [1.54, 1.807) is 30.5 Å². The van der Waals surface area contributed by atoms with Crippen molar-refractivity contribution >= 4 is 39.1 Å². The van der Waals surface area contributed by atoms with Gasteiger partial charge >= 0.3 is 0 Å². The highest BCUT2D eigenvalue weighted by Gasteiger charge is 2.17. The van der Waals surface area contributed by atoms with Gasteiger partial charge in [-0.25, -0.2) is 0 Å². The first-order chi connectivity index (χ1) is 12.0. The van der Waals surface area contributed by atoms with Crippen LogP contribution in [-0.4, -0.2) is 16.0 Å². The van der Waals surface area contributed by atoms with Crippen molar-refractivity contribution in [2.75, 3.05) is 5.32 Å². The van der Waals surface area contributed by atoms with Gasteiger partial charge in [-0.1, -0.05) is 41.9 Å². The molecule has 0 saturated carbocycles. The number of benzene rings is 2. The highest BCUT2D eigenvalue weighted by atomic mass is 79.9. The van der Waals surface area contributed by atoms with E-state index in [0.29, 0.717) is 31.9 Å². The van der Waals surface area contributed by atoms with Gasteiger partial charge in [0.1, 0.15) is 6.10 Å². The van der Waals surface area contributed by atoms with Gasteiger partial charge in [-0.15, -0.1) is 0 Å². The zero-order valence-corrected chi connectivity index (χ0v) is 15.3. The molecule has 0 spiro atoms. The molecule has 3 aromatic rings. The third kappa shape index (κ3) is 4.25. The van der Waals surface area contributed by atoms with Gasteiger partial charge in [0.2, 0.25) is 0 Å². The summed E-state index contributed by atoms with van der Waals surface area (Å²) >= 11 is 9.38. The minimum absolute atomic E-state index is 0.322. The summed E-state index contributed by atoms with van der Waals surface area (Å²) in [7, 11) is 0. The van der Waals surface area contributed by atoms with E-state index in [1.165, 1.54) is 6.20 Å². The molecule has 0 bridgehead atoms. The molecule has 2 aromatic carbocycles. The van der Waals surface area contributed by atoms with Gasteiger partial charge in [0.25, 0.3) is 5.91 Å². The average molecular weight is 418 g/mol. The number of aromatic nitrogens is 1. The second-order valence-electron chi connectivity index (χ2n) is 5.39. The Morgan fingerprint density at radius 1 is 1.12 bits per heavy atom. The fourth-order valence-electron chi connectivity index (χ4n) is 2.42. The first kappa shape index (κ1) is 17.6. The Morgan fingerprint density at radius 3 is 2.60 bits per heavy atom. The molecule has 1 amide bonds. The Labute approximate surface area is 158 Å².